The van der Waals surface area contributed by atoms with Crippen molar-refractivity contribution < 1.29 is 9.59 Å². The van der Waals surface area contributed by atoms with Gasteiger partial charge in [0.15, 0.2) is 10.6 Å². The molecule has 0 radical (unpaired) electrons. The van der Waals surface area contributed by atoms with Gasteiger partial charge in [-0.25, -0.2) is 0 Å². The second-order valence-electron chi connectivity index (χ2n) is 5.10. The van der Waals surface area contributed by atoms with Crippen LogP contribution < -0.4 is 10.6 Å². The predicted octanol–water partition coefficient (Wildman–Crippen LogP) is 2.34. The van der Waals surface area contributed by atoms with Gasteiger partial charge in [0.25, 0.3) is 5.91 Å². The Morgan fingerprint density at radius 2 is 2.18 bits per heavy atom. The summed E-state index contributed by atoms with van der Waals surface area (Å²) in [5.74, 6) is -0.269. The second kappa shape index (κ2) is 5.49. The number of hydrogen-bond donors (Lipinski definition) is 2. The van der Waals surface area contributed by atoms with Crippen LogP contribution in [-0.2, 0) is 16.1 Å². The van der Waals surface area contributed by atoms with Crippen molar-refractivity contribution in [1.82, 2.24) is 9.78 Å². The Morgan fingerprint density at radius 3 is 2.91 bits per heavy atom. The Morgan fingerprint density at radius 1 is 1.41 bits per heavy atom. The Bertz CT molecular complexity index is 743. The fourth-order valence-corrected chi connectivity index (χ4v) is 3.26. The average molecular weight is 316 g/mol. The number of nitrogens with one attached hydrogen (secondary N) is 2. The Labute approximate surface area is 132 Å². The fraction of sp³-hybridized carbons (Fsp3) is 0.267. The lowest BCUT2D eigenvalue weighted by atomic mass is 10.1. The molecule has 0 bridgehead atoms. The second-order valence-corrected chi connectivity index (χ2v) is 6.56. The lowest BCUT2D eigenvalue weighted by molar-refractivity contribution is -0.126. The van der Waals surface area contributed by atoms with Gasteiger partial charge in [0, 0.05) is 23.7 Å². The standard InChI is InChI=1S/C15H16N4O2S/c1-3-19-9-8-12(18-19)17-14(21)15(2)13(20)16-10-6-4-5-7-11(10)22-15/h4-9H,3H2,1-2H3,(H,16,20)(H,17,18,21)/t15-/m1/s1. The van der Waals surface area contributed by atoms with E-state index in [2.05, 4.69) is 15.7 Å². The molecule has 2 N–H and O–H groups in total. The minimum absolute atomic E-state index is 0.330. The normalized spacial score (nSPS) is 20.2. The van der Waals surface area contributed by atoms with Gasteiger partial charge in [0.2, 0.25) is 5.91 Å². The number of carbonyl (C=O) groups excluding carboxylic acids is 2. The van der Waals surface area contributed by atoms with E-state index >= 15 is 0 Å². The molecule has 2 amide bonds. The molecule has 0 aliphatic carbocycles. The zero-order valence-electron chi connectivity index (χ0n) is 12.3. The molecule has 1 aromatic carbocycles. The molecule has 2 aromatic rings. The molecule has 1 atom stereocenters. The quantitative estimate of drug-likeness (QED) is 0.852. The van der Waals surface area contributed by atoms with E-state index in [-0.39, 0.29) is 11.8 Å². The Balaban J connectivity index is 1.83. The summed E-state index contributed by atoms with van der Waals surface area (Å²) in [4.78, 5) is 25.8. The Hall–Kier alpha value is -2.28. The van der Waals surface area contributed by atoms with Crippen molar-refractivity contribution in [2.75, 3.05) is 10.6 Å². The van der Waals surface area contributed by atoms with Crippen LogP contribution in [0.25, 0.3) is 0 Å². The summed E-state index contributed by atoms with van der Waals surface area (Å²) in [6.07, 6.45) is 1.78. The van der Waals surface area contributed by atoms with Crippen LogP contribution >= 0.6 is 11.8 Å². The first-order chi connectivity index (χ1) is 10.5. The van der Waals surface area contributed by atoms with E-state index in [4.69, 9.17) is 0 Å². The van der Waals surface area contributed by atoms with Crippen molar-refractivity contribution in [3.63, 3.8) is 0 Å². The molecule has 6 nitrogen and oxygen atoms in total. The number of aromatic nitrogens is 2. The summed E-state index contributed by atoms with van der Waals surface area (Å²) in [5, 5.41) is 9.71. The number of thioether (sulfide) groups is 1. The number of hydrogen-bond acceptors (Lipinski definition) is 4. The fourth-order valence-electron chi connectivity index (χ4n) is 2.16. The molecule has 1 aliphatic heterocycles. The Kier molecular flexibility index (Phi) is 3.66. The van der Waals surface area contributed by atoms with Crippen LogP contribution in [0.1, 0.15) is 13.8 Å². The summed E-state index contributed by atoms with van der Waals surface area (Å²) in [6.45, 7) is 4.30. The first-order valence-corrected chi connectivity index (χ1v) is 7.79. The molecule has 0 saturated carbocycles. The highest BCUT2D eigenvalue weighted by Gasteiger charge is 2.46. The van der Waals surface area contributed by atoms with Gasteiger partial charge in [-0.3, -0.25) is 14.3 Å². The minimum atomic E-state index is -1.23. The first-order valence-electron chi connectivity index (χ1n) is 6.97. The SMILES string of the molecule is CCn1ccc(NC(=O)[C@]2(C)Sc3ccccc3NC2=O)n1. The van der Waals surface area contributed by atoms with E-state index in [9.17, 15) is 9.59 Å². The lowest BCUT2D eigenvalue weighted by Gasteiger charge is -2.31. The van der Waals surface area contributed by atoms with Crippen LogP contribution in [0, 0.1) is 0 Å². The summed E-state index contributed by atoms with van der Waals surface area (Å²) in [7, 11) is 0. The number of nitrogens with zero attached hydrogens (tertiary/aromatic N) is 2. The predicted molar refractivity (Wildman–Crippen MR) is 85.9 cm³/mol. The minimum Gasteiger partial charge on any atom is -0.323 e. The molecular weight excluding hydrogens is 300 g/mol. The average Bonchev–Trinajstić information content (AvgIpc) is 2.96. The largest absolute Gasteiger partial charge is 0.323 e. The van der Waals surface area contributed by atoms with Gasteiger partial charge in [0.1, 0.15) is 0 Å². The van der Waals surface area contributed by atoms with Gasteiger partial charge in [-0.2, -0.15) is 5.10 Å². The first kappa shape index (κ1) is 14.6. The van der Waals surface area contributed by atoms with Crippen molar-refractivity contribution in [2.45, 2.75) is 30.0 Å². The van der Waals surface area contributed by atoms with Gasteiger partial charge in [-0.1, -0.05) is 23.9 Å². The molecule has 114 valence electrons. The van der Waals surface area contributed by atoms with Crippen LogP contribution in [0.2, 0.25) is 0 Å². The summed E-state index contributed by atoms with van der Waals surface area (Å²) < 4.78 is 0.478. The monoisotopic (exact) mass is 316 g/mol. The number of carbonyl (C=O) groups is 2. The molecule has 0 fully saturated rings. The number of benzene rings is 1. The van der Waals surface area contributed by atoms with E-state index in [1.165, 1.54) is 11.8 Å². The maximum absolute atomic E-state index is 12.6. The lowest BCUT2D eigenvalue weighted by Crippen LogP contribution is -2.49. The highest BCUT2D eigenvalue weighted by atomic mass is 32.2. The van der Waals surface area contributed by atoms with E-state index in [0.717, 1.165) is 17.1 Å². The smallest absolute Gasteiger partial charge is 0.251 e. The highest BCUT2D eigenvalue weighted by molar-refractivity contribution is 8.02. The van der Waals surface area contributed by atoms with Gasteiger partial charge in [-0.15, -0.1) is 0 Å². The van der Waals surface area contributed by atoms with Crippen LogP contribution in [0.15, 0.2) is 41.4 Å². The van der Waals surface area contributed by atoms with Crippen molar-refractivity contribution in [3.8, 4) is 0 Å². The summed E-state index contributed by atoms with van der Waals surface area (Å²) >= 11 is 1.25. The number of rotatable bonds is 3. The number of amides is 2. The zero-order chi connectivity index (χ0) is 15.7. The maximum atomic E-state index is 12.6. The number of para-hydroxylation sites is 1. The summed E-state index contributed by atoms with van der Waals surface area (Å²) in [6, 6.07) is 9.14. The summed E-state index contributed by atoms with van der Waals surface area (Å²) in [5.41, 5.74) is 0.734. The number of aryl methyl sites for hydroxylation is 1. The van der Waals surface area contributed by atoms with Gasteiger partial charge in [-0.05, 0) is 26.0 Å². The molecule has 2 heterocycles. The third kappa shape index (κ3) is 2.48. The van der Waals surface area contributed by atoms with Gasteiger partial charge < -0.3 is 10.6 Å². The van der Waals surface area contributed by atoms with Gasteiger partial charge in [0.05, 0.1) is 5.69 Å². The maximum Gasteiger partial charge on any atom is 0.251 e. The zero-order valence-corrected chi connectivity index (χ0v) is 13.1. The molecule has 1 aromatic heterocycles. The van der Waals surface area contributed by atoms with Crippen LogP contribution in [0.4, 0.5) is 11.5 Å². The van der Waals surface area contributed by atoms with Crippen molar-refractivity contribution in [2.24, 2.45) is 0 Å². The third-order valence-electron chi connectivity index (χ3n) is 3.52. The topological polar surface area (TPSA) is 76.0 Å². The molecule has 1 aliphatic rings. The van der Waals surface area contributed by atoms with E-state index in [0.29, 0.717) is 5.82 Å². The molecule has 0 unspecified atom stereocenters. The number of anilines is 2. The number of fused-ring (bicyclic) bond motifs is 1. The molecule has 0 saturated heterocycles. The van der Waals surface area contributed by atoms with E-state index in [1.54, 1.807) is 23.9 Å². The van der Waals surface area contributed by atoms with Crippen LogP contribution in [0.5, 0.6) is 0 Å². The van der Waals surface area contributed by atoms with Gasteiger partial charge >= 0.3 is 0 Å². The molecular formula is C15H16N4O2S. The van der Waals surface area contributed by atoms with Crippen molar-refractivity contribution >= 4 is 35.1 Å². The molecule has 0 spiro atoms. The van der Waals surface area contributed by atoms with Crippen LogP contribution in [0.3, 0.4) is 0 Å². The molecule has 22 heavy (non-hydrogen) atoms. The molecule has 7 heteroatoms. The van der Waals surface area contributed by atoms with Crippen molar-refractivity contribution in [1.29, 1.82) is 0 Å². The van der Waals surface area contributed by atoms with E-state index in [1.807, 2.05) is 31.2 Å². The molecule has 3 rings (SSSR count). The third-order valence-corrected chi connectivity index (χ3v) is 4.88. The van der Waals surface area contributed by atoms with E-state index < -0.39 is 4.75 Å². The van der Waals surface area contributed by atoms with Crippen LogP contribution in [-0.4, -0.2) is 26.3 Å². The highest BCUT2D eigenvalue weighted by Crippen LogP contribution is 2.42. The van der Waals surface area contributed by atoms with Crippen molar-refractivity contribution in [3.05, 3.63) is 36.5 Å².